The number of hydrogen-bond donors (Lipinski definition) is 1. The van der Waals surface area contributed by atoms with Gasteiger partial charge in [-0.15, -0.1) is 0 Å². The van der Waals surface area contributed by atoms with E-state index in [1.165, 1.54) is 0 Å². The van der Waals surface area contributed by atoms with Crippen molar-refractivity contribution in [3.63, 3.8) is 0 Å². The van der Waals surface area contributed by atoms with Crippen LogP contribution in [0.5, 0.6) is 0 Å². The van der Waals surface area contributed by atoms with Crippen molar-refractivity contribution < 1.29 is 4.79 Å². The first-order chi connectivity index (χ1) is 10.1. The van der Waals surface area contributed by atoms with Crippen LogP contribution in [0.25, 0.3) is 0 Å². The van der Waals surface area contributed by atoms with Gasteiger partial charge in [0, 0.05) is 51.2 Å². The van der Waals surface area contributed by atoms with Crippen LogP contribution >= 0.6 is 0 Å². The molecule has 21 heavy (non-hydrogen) atoms. The second-order valence-corrected chi connectivity index (χ2v) is 5.86. The molecule has 5 heteroatoms. The Morgan fingerprint density at radius 1 is 1.29 bits per heavy atom. The molecular weight excluding hydrogens is 264 g/mol. The number of nitrogens with one attached hydrogen (secondary N) is 1. The maximum atomic E-state index is 11.9. The molecule has 0 aliphatic carbocycles. The predicted molar refractivity (Wildman–Crippen MR) is 84.1 cm³/mol. The highest BCUT2D eigenvalue weighted by Gasteiger charge is 2.18. The summed E-state index contributed by atoms with van der Waals surface area (Å²) >= 11 is 0. The SMILES string of the molecule is CC(CCNC(=O)Cc1ccncc1)N1CCN(C)CC1. The topological polar surface area (TPSA) is 48.5 Å². The molecule has 1 atom stereocenters. The summed E-state index contributed by atoms with van der Waals surface area (Å²) in [5.41, 5.74) is 1.01. The van der Waals surface area contributed by atoms with Crippen molar-refractivity contribution in [1.82, 2.24) is 20.1 Å². The van der Waals surface area contributed by atoms with Crippen LogP contribution in [0.3, 0.4) is 0 Å². The number of pyridine rings is 1. The van der Waals surface area contributed by atoms with Crippen LogP contribution in [-0.4, -0.2) is 66.5 Å². The van der Waals surface area contributed by atoms with Gasteiger partial charge in [0.25, 0.3) is 0 Å². The van der Waals surface area contributed by atoms with Gasteiger partial charge in [-0.2, -0.15) is 0 Å². The maximum Gasteiger partial charge on any atom is 0.224 e. The summed E-state index contributed by atoms with van der Waals surface area (Å²) in [6, 6.07) is 4.29. The van der Waals surface area contributed by atoms with E-state index < -0.39 is 0 Å². The van der Waals surface area contributed by atoms with E-state index >= 15 is 0 Å². The molecule has 5 nitrogen and oxygen atoms in total. The van der Waals surface area contributed by atoms with Gasteiger partial charge in [-0.3, -0.25) is 14.7 Å². The molecular formula is C16H26N4O. The molecule has 2 rings (SSSR count). The van der Waals surface area contributed by atoms with Gasteiger partial charge in [0.1, 0.15) is 0 Å². The number of carbonyl (C=O) groups is 1. The third-order valence-corrected chi connectivity index (χ3v) is 4.16. The summed E-state index contributed by atoms with van der Waals surface area (Å²) in [7, 11) is 2.17. The van der Waals surface area contributed by atoms with Crippen molar-refractivity contribution in [3.8, 4) is 0 Å². The zero-order chi connectivity index (χ0) is 15.1. The van der Waals surface area contributed by atoms with Gasteiger partial charge in [-0.1, -0.05) is 0 Å². The van der Waals surface area contributed by atoms with Gasteiger partial charge in [-0.25, -0.2) is 0 Å². The van der Waals surface area contributed by atoms with Gasteiger partial charge < -0.3 is 10.2 Å². The minimum absolute atomic E-state index is 0.0896. The Labute approximate surface area is 127 Å². The lowest BCUT2D eigenvalue weighted by Crippen LogP contribution is -2.48. The molecule has 1 amide bonds. The van der Waals surface area contributed by atoms with Crippen molar-refractivity contribution >= 4 is 5.91 Å². The van der Waals surface area contributed by atoms with Crippen molar-refractivity contribution in [2.45, 2.75) is 25.8 Å². The van der Waals surface area contributed by atoms with E-state index in [0.29, 0.717) is 12.5 Å². The van der Waals surface area contributed by atoms with E-state index in [0.717, 1.165) is 44.7 Å². The molecule has 1 aliphatic rings. The normalized spacial score (nSPS) is 18.4. The summed E-state index contributed by atoms with van der Waals surface area (Å²) < 4.78 is 0. The molecule has 1 saturated heterocycles. The quantitative estimate of drug-likeness (QED) is 0.840. The van der Waals surface area contributed by atoms with E-state index in [1.54, 1.807) is 12.4 Å². The van der Waals surface area contributed by atoms with Crippen LogP contribution in [0, 0.1) is 0 Å². The molecule has 0 aromatic carbocycles. The third-order valence-electron chi connectivity index (χ3n) is 4.16. The van der Waals surface area contributed by atoms with Crippen LogP contribution in [-0.2, 0) is 11.2 Å². The maximum absolute atomic E-state index is 11.9. The molecule has 0 spiro atoms. The van der Waals surface area contributed by atoms with Gasteiger partial charge in [0.2, 0.25) is 5.91 Å². The van der Waals surface area contributed by atoms with Crippen molar-refractivity contribution in [1.29, 1.82) is 0 Å². The van der Waals surface area contributed by atoms with Crippen LogP contribution in [0.1, 0.15) is 18.9 Å². The Morgan fingerprint density at radius 2 is 1.95 bits per heavy atom. The Balaban J connectivity index is 1.63. The fourth-order valence-corrected chi connectivity index (χ4v) is 2.61. The monoisotopic (exact) mass is 290 g/mol. The number of nitrogens with zero attached hydrogens (tertiary/aromatic N) is 3. The smallest absolute Gasteiger partial charge is 0.224 e. The van der Waals surface area contributed by atoms with E-state index in [9.17, 15) is 4.79 Å². The average Bonchev–Trinajstić information content (AvgIpc) is 2.49. The zero-order valence-electron chi connectivity index (χ0n) is 13.1. The standard InChI is InChI=1S/C16H26N4O/c1-14(20-11-9-19(2)10-12-20)3-8-18-16(21)13-15-4-6-17-7-5-15/h4-7,14H,3,8-13H2,1-2H3,(H,18,21). The van der Waals surface area contributed by atoms with Crippen LogP contribution < -0.4 is 5.32 Å². The number of piperazine rings is 1. The first-order valence-electron chi connectivity index (χ1n) is 7.73. The molecule has 1 aliphatic heterocycles. The second kappa shape index (κ2) is 8.10. The Kier molecular flexibility index (Phi) is 6.14. The lowest BCUT2D eigenvalue weighted by Gasteiger charge is -2.36. The van der Waals surface area contributed by atoms with E-state index in [4.69, 9.17) is 0 Å². The Morgan fingerprint density at radius 3 is 2.62 bits per heavy atom. The zero-order valence-corrected chi connectivity index (χ0v) is 13.1. The lowest BCUT2D eigenvalue weighted by molar-refractivity contribution is -0.120. The fraction of sp³-hybridized carbons (Fsp3) is 0.625. The van der Waals surface area contributed by atoms with E-state index in [1.807, 2.05) is 12.1 Å². The Hall–Kier alpha value is -1.46. The number of rotatable bonds is 6. The summed E-state index contributed by atoms with van der Waals surface area (Å²) in [6.07, 6.45) is 4.88. The molecule has 0 saturated carbocycles. The van der Waals surface area contributed by atoms with Gasteiger partial charge in [-0.05, 0) is 38.1 Å². The highest BCUT2D eigenvalue weighted by molar-refractivity contribution is 5.78. The Bertz CT molecular complexity index is 429. The molecule has 0 radical (unpaired) electrons. The van der Waals surface area contributed by atoms with Crippen LogP contribution in [0.4, 0.5) is 0 Å². The highest BCUT2D eigenvalue weighted by atomic mass is 16.1. The van der Waals surface area contributed by atoms with E-state index in [-0.39, 0.29) is 5.91 Å². The molecule has 1 aromatic rings. The first-order valence-corrected chi connectivity index (χ1v) is 7.73. The number of likely N-dealkylation sites (N-methyl/N-ethyl adjacent to an activating group) is 1. The lowest BCUT2D eigenvalue weighted by atomic mass is 10.1. The molecule has 1 aromatic heterocycles. The molecule has 116 valence electrons. The van der Waals surface area contributed by atoms with Crippen molar-refractivity contribution in [2.75, 3.05) is 39.8 Å². The van der Waals surface area contributed by atoms with Gasteiger partial charge >= 0.3 is 0 Å². The van der Waals surface area contributed by atoms with E-state index in [2.05, 4.69) is 34.1 Å². The van der Waals surface area contributed by atoms with Crippen LogP contribution in [0.15, 0.2) is 24.5 Å². The predicted octanol–water partition coefficient (Wildman–Crippen LogP) is 0.766. The summed E-state index contributed by atoms with van der Waals surface area (Å²) in [5, 5.41) is 3.01. The molecule has 2 heterocycles. The molecule has 0 bridgehead atoms. The fourth-order valence-electron chi connectivity index (χ4n) is 2.61. The van der Waals surface area contributed by atoms with Crippen molar-refractivity contribution in [3.05, 3.63) is 30.1 Å². The number of carbonyl (C=O) groups excluding carboxylic acids is 1. The van der Waals surface area contributed by atoms with Crippen LogP contribution in [0.2, 0.25) is 0 Å². The summed E-state index contributed by atoms with van der Waals surface area (Å²) in [6.45, 7) is 7.53. The van der Waals surface area contributed by atoms with Gasteiger partial charge in [0.15, 0.2) is 0 Å². The minimum Gasteiger partial charge on any atom is -0.356 e. The molecule has 1 fully saturated rings. The summed E-state index contributed by atoms with van der Waals surface area (Å²) in [5.74, 6) is 0.0896. The summed E-state index contributed by atoms with van der Waals surface area (Å²) in [4.78, 5) is 20.7. The van der Waals surface area contributed by atoms with Crippen molar-refractivity contribution in [2.24, 2.45) is 0 Å². The number of aromatic nitrogens is 1. The van der Waals surface area contributed by atoms with Gasteiger partial charge in [0.05, 0.1) is 6.42 Å². The second-order valence-electron chi connectivity index (χ2n) is 5.86. The average molecular weight is 290 g/mol. The minimum atomic E-state index is 0.0896. The largest absolute Gasteiger partial charge is 0.356 e. The third kappa shape index (κ3) is 5.44. The highest BCUT2D eigenvalue weighted by Crippen LogP contribution is 2.07. The molecule has 1 unspecified atom stereocenters. The first kappa shape index (κ1) is 15.9. The molecule has 1 N–H and O–H groups in total. The number of hydrogen-bond acceptors (Lipinski definition) is 4. The number of amides is 1.